The minimum atomic E-state index is -1.17. The Morgan fingerprint density at radius 2 is 1.90 bits per heavy atom. The Balaban J connectivity index is 1.26. The van der Waals surface area contributed by atoms with Gasteiger partial charge < -0.3 is 19.5 Å². The number of carbonyl (C=O) groups is 3. The number of fused-ring (bicyclic) bond motifs is 2. The van der Waals surface area contributed by atoms with E-state index in [9.17, 15) is 19.5 Å². The summed E-state index contributed by atoms with van der Waals surface area (Å²) in [6.07, 6.45) is 6.40. The molecule has 2 aliphatic heterocycles. The summed E-state index contributed by atoms with van der Waals surface area (Å²) in [5, 5.41) is 10.5. The van der Waals surface area contributed by atoms with Crippen LogP contribution in [0.1, 0.15) is 63.7 Å². The molecule has 2 unspecified atom stereocenters. The van der Waals surface area contributed by atoms with E-state index in [1.165, 1.54) is 23.4 Å². The first-order chi connectivity index (χ1) is 20.4. The third-order valence-electron chi connectivity index (χ3n) is 8.50. The highest BCUT2D eigenvalue weighted by atomic mass is 16.5. The minimum Gasteiger partial charge on any atom is -0.491 e. The molecular formula is C33H29N3O6. The molecule has 42 heavy (non-hydrogen) atoms. The molecule has 3 aliphatic rings. The summed E-state index contributed by atoms with van der Waals surface area (Å²) in [6, 6.07) is 17.1. The number of aromatic carboxylic acids is 1. The van der Waals surface area contributed by atoms with E-state index in [1.54, 1.807) is 6.07 Å². The molecule has 2 atom stereocenters. The second kappa shape index (κ2) is 10.2. The number of aryl methyl sites for hydroxylation is 1. The SMILES string of the molecule is O=C(O)c1cncc(C2C(=O)C3(CCc4ccccc4O3)CCN2C(=O)c2ccc3cccc(OCC4CC4)c3n2)c1. The molecule has 7 rings (SSSR count). The molecule has 9 heteroatoms. The Morgan fingerprint density at radius 3 is 2.74 bits per heavy atom. The van der Waals surface area contributed by atoms with Crippen LogP contribution in [0.25, 0.3) is 10.9 Å². The molecule has 0 radical (unpaired) electrons. The van der Waals surface area contributed by atoms with Gasteiger partial charge in [0.2, 0.25) is 5.78 Å². The van der Waals surface area contributed by atoms with E-state index in [0.717, 1.165) is 23.8 Å². The summed E-state index contributed by atoms with van der Waals surface area (Å²) in [6.45, 7) is 0.827. The van der Waals surface area contributed by atoms with E-state index in [0.29, 0.717) is 54.4 Å². The van der Waals surface area contributed by atoms with Gasteiger partial charge in [-0.05, 0) is 61.4 Å². The number of carbonyl (C=O) groups excluding carboxylic acids is 2. The van der Waals surface area contributed by atoms with Crippen LogP contribution in [0.2, 0.25) is 0 Å². The number of aromatic nitrogens is 2. The molecular weight excluding hydrogens is 534 g/mol. The number of carboxylic acid groups (broad SMARTS) is 1. The Bertz CT molecular complexity index is 1730. The summed E-state index contributed by atoms with van der Waals surface area (Å²) in [5.74, 6) is -0.0660. The zero-order valence-corrected chi connectivity index (χ0v) is 22.9. The van der Waals surface area contributed by atoms with Gasteiger partial charge in [0.15, 0.2) is 5.60 Å². The molecule has 9 nitrogen and oxygen atoms in total. The normalized spacial score (nSPS) is 21.6. The number of ketones is 1. The lowest BCUT2D eigenvalue weighted by atomic mass is 9.77. The third-order valence-corrected chi connectivity index (χ3v) is 8.50. The molecule has 2 aromatic carbocycles. The van der Waals surface area contributed by atoms with Crippen LogP contribution >= 0.6 is 0 Å². The number of nitrogens with zero attached hydrogens (tertiary/aromatic N) is 3. The molecule has 1 N–H and O–H groups in total. The lowest BCUT2D eigenvalue weighted by molar-refractivity contribution is -0.147. The molecule has 1 amide bonds. The standard InChI is InChI=1S/C33H29N3O6/c37-30-29(23-16-24(32(39)40)18-34-17-23)36(15-14-33(30)13-12-21-4-1-2-6-26(21)42-33)31(38)25-11-10-22-5-3-7-27(28(22)35-25)41-19-20-8-9-20/h1-7,10-11,16-18,20,29H,8-9,12-15,19H2,(H,39,40). The second-order valence-corrected chi connectivity index (χ2v) is 11.3. The van der Waals surface area contributed by atoms with Crippen molar-refractivity contribution in [1.29, 1.82) is 0 Å². The molecule has 4 aromatic rings. The monoisotopic (exact) mass is 563 g/mol. The molecule has 2 fully saturated rings. The van der Waals surface area contributed by atoms with Gasteiger partial charge in [-0.15, -0.1) is 0 Å². The van der Waals surface area contributed by atoms with Crippen molar-refractivity contribution in [3.05, 3.63) is 95.4 Å². The van der Waals surface area contributed by atoms with Crippen molar-refractivity contribution >= 4 is 28.6 Å². The first-order valence-corrected chi connectivity index (χ1v) is 14.2. The number of rotatable bonds is 6. The highest BCUT2D eigenvalue weighted by Crippen LogP contribution is 2.43. The van der Waals surface area contributed by atoms with Gasteiger partial charge in [-0.25, -0.2) is 9.78 Å². The summed E-state index contributed by atoms with van der Waals surface area (Å²) >= 11 is 0. The largest absolute Gasteiger partial charge is 0.491 e. The van der Waals surface area contributed by atoms with Gasteiger partial charge in [0.05, 0.1) is 12.2 Å². The van der Waals surface area contributed by atoms with Crippen LogP contribution in [0.3, 0.4) is 0 Å². The van der Waals surface area contributed by atoms with E-state index in [-0.39, 0.29) is 23.6 Å². The number of Topliss-reactive ketones (excluding diaryl/α,β-unsaturated/α-hetero) is 1. The van der Waals surface area contributed by atoms with Crippen LogP contribution in [0.15, 0.2) is 73.1 Å². The molecule has 0 bridgehead atoms. The Labute approximate surface area is 242 Å². The summed E-state index contributed by atoms with van der Waals surface area (Å²) in [7, 11) is 0. The van der Waals surface area contributed by atoms with E-state index in [4.69, 9.17) is 14.5 Å². The predicted molar refractivity (Wildman–Crippen MR) is 153 cm³/mol. The number of hydrogen-bond donors (Lipinski definition) is 1. The van der Waals surface area contributed by atoms with Crippen molar-refractivity contribution in [3.8, 4) is 11.5 Å². The van der Waals surface area contributed by atoms with Crippen molar-refractivity contribution in [1.82, 2.24) is 14.9 Å². The minimum absolute atomic E-state index is 0.0662. The number of pyridine rings is 2. The number of piperidine rings is 1. The van der Waals surface area contributed by atoms with Gasteiger partial charge >= 0.3 is 5.97 Å². The third kappa shape index (κ3) is 4.64. The van der Waals surface area contributed by atoms with Crippen LogP contribution < -0.4 is 9.47 Å². The Morgan fingerprint density at radius 1 is 1.05 bits per heavy atom. The highest BCUT2D eigenvalue weighted by Gasteiger charge is 2.53. The fraction of sp³-hybridized carbons (Fsp3) is 0.303. The summed E-state index contributed by atoms with van der Waals surface area (Å²) < 4.78 is 12.5. The molecule has 1 aliphatic carbocycles. The van der Waals surface area contributed by atoms with Crippen molar-refractivity contribution < 1.29 is 29.0 Å². The topological polar surface area (TPSA) is 119 Å². The van der Waals surface area contributed by atoms with Crippen LogP contribution in [-0.4, -0.2) is 56.4 Å². The lowest BCUT2D eigenvalue weighted by Crippen LogP contribution is -2.59. The smallest absolute Gasteiger partial charge is 0.337 e. The molecule has 1 saturated carbocycles. The maximum Gasteiger partial charge on any atom is 0.337 e. The van der Waals surface area contributed by atoms with Crippen LogP contribution in [0.4, 0.5) is 0 Å². The fourth-order valence-electron chi connectivity index (χ4n) is 5.97. The van der Waals surface area contributed by atoms with E-state index in [2.05, 4.69) is 4.98 Å². The number of hydrogen-bond acceptors (Lipinski definition) is 7. The highest BCUT2D eigenvalue weighted by molar-refractivity contribution is 6.02. The van der Waals surface area contributed by atoms with Gasteiger partial charge in [0, 0.05) is 36.3 Å². The first kappa shape index (κ1) is 26.1. The number of carboxylic acids is 1. The number of benzene rings is 2. The van der Waals surface area contributed by atoms with Crippen LogP contribution in [0, 0.1) is 5.92 Å². The zero-order chi connectivity index (χ0) is 28.8. The van der Waals surface area contributed by atoms with E-state index < -0.39 is 23.5 Å². The second-order valence-electron chi connectivity index (χ2n) is 11.3. The first-order valence-electron chi connectivity index (χ1n) is 14.2. The van der Waals surface area contributed by atoms with Gasteiger partial charge in [-0.1, -0.05) is 36.4 Å². The van der Waals surface area contributed by atoms with Crippen molar-refractivity contribution in [3.63, 3.8) is 0 Å². The number of amides is 1. The lowest BCUT2D eigenvalue weighted by Gasteiger charge is -2.47. The summed E-state index contributed by atoms with van der Waals surface area (Å²) in [5.41, 5.74) is 0.904. The summed E-state index contributed by atoms with van der Waals surface area (Å²) in [4.78, 5) is 50.6. The van der Waals surface area contributed by atoms with Gasteiger partial charge in [-0.2, -0.15) is 0 Å². The zero-order valence-electron chi connectivity index (χ0n) is 22.9. The number of likely N-dealkylation sites (tertiary alicyclic amines) is 1. The molecule has 1 saturated heterocycles. The van der Waals surface area contributed by atoms with Gasteiger partial charge in [-0.3, -0.25) is 14.6 Å². The van der Waals surface area contributed by atoms with Crippen molar-refractivity contribution in [2.75, 3.05) is 13.2 Å². The van der Waals surface area contributed by atoms with Crippen LogP contribution in [0.5, 0.6) is 11.5 Å². The van der Waals surface area contributed by atoms with Crippen molar-refractivity contribution in [2.24, 2.45) is 5.92 Å². The molecule has 2 aromatic heterocycles. The number of ether oxygens (including phenoxy) is 2. The Hall–Kier alpha value is -4.79. The Kier molecular flexibility index (Phi) is 6.37. The van der Waals surface area contributed by atoms with Gasteiger partial charge in [0.25, 0.3) is 5.91 Å². The number of para-hydroxylation sites is 2. The average molecular weight is 564 g/mol. The fourth-order valence-corrected chi connectivity index (χ4v) is 5.97. The maximum atomic E-state index is 14.4. The predicted octanol–water partition coefficient (Wildman–Crippen LogP) is 5.04. The van der Waals surface area contributed by atoms with Crippen LogP contribution in [-0.2, 0) is 11.2 Å². The molecule has 212 valence electrons. The maximum absolute atomic E-state index is 14.4. The molecule has 4 heterocycles. The van der Waals surface area contributed by atoms with Gasteiger partial charge in [0.1, 0.15) is 28.8 Å². The van der Waals surface area contributed by atoms with E-state index in [1.807, 2.05) is 48.5 Å². The molecule has 1 spiro atoms. The van der Waals surface area contributed by atoms with E-state index >= 15 is 0 Å². The quantitative estimate of drug-likeness (QED) is 0.347. The van der Waals surface area contributed by atoms with Crippen molar-refractivity contribution in [2.45, 2.75) is 43.7 Å². The average Bonchev–Trinajstić information content (AvgIpc) is 3.85.